The summed E-state index contributed by atoms with van der Waals surface area (Å²) in [6.45, 7) is 9.58. The Labute approximate surface area is 120 Å². The number of rotatable bonds is 5. The van der Waals surface area contributed by atoms with Gasteiger partial charge in [0.05, 0.1) is 0 Å². The fraction of sp³-hybridized carbons (Fsp3) is 0.500. The first-order valence-corrected chi connectivity index (χ1v) is 6.84. The molecule has 4 nitrogen and oxygen atoms in total. The van der Waals surface area contributed by atoms with Gasteiger partial charge in [0.25, 0.3) is 5.91 Å². The van der Waals surface area contributed by atoms with Crippen molar-refractivity contribution in [2.75, 3.05) is 0 Å². The molecule has 1 rings (SSSR count). The number of hydrogen-bond acceptors (Lipinski definition) is 2. The number of hydrogen-bond donors (Lipinski definition) is 2. The molecule has 0 radical (unpaired) electrons. The smallest absolute Gasteiger partial charge is 0.326 e. The number of carbonyl (C=O) groups excluding carboxylic acids is 1. The van der Waals surface area contributed by atoms with E-state index < -0.39 is 12.0 Å². The van der Waals surface area contributed by atoms with Crippen molar-refractivity contribution < 1.29 is 14.7 Å². The number of carboxylic acids is 1. The molecule has 1 atom stereocenters. The third-order valence-electron chi connectivity index (χ3n) is 3.21. The molecule has 20 heavy (non-hydrogen) atoms. The summed E-state index contributed by atoms with van der Waals surface area (Å²) in [4.78, 5) is 23.5. The van der Waals surface area contributed by atoms with Crippen molar-refractivity contribution >= 4 is 11.9 Å². The number of aliphatic carboxylic acids is 1. The number of aryl methyl sites for hydroxylation is 3. The zero-order valence-corrected chi connectivity index (χ0v) is 12.8. The predicted octanol–water partition coefficient (Wildman–Crippen LogP) is 2.84. The Morgan fingerprint density at radius 3 is 2.05 bits per heavy atom. The largest absolute Gasteiger partial charge is 0.480 e. The van der Waals surface area contributed by atoms with Crippen molar-refractivity contribution in [3.63, 3.8) is 0 Å². The van der Waals surface area contributed by atoms with Gasteiger partial charge in [-0.2, -0.15) is 0 Å². The molecule has 0 spiro atoms. The van der Waals surface area contributed by atoms with Crippen molar-refractivity contribution in [1.82, 2.24) is 5.32 Å². The molecule has 1 unspecified atom stereocenters. The number of benzene rings is 1. The van der Waals surface area contributed by atoms with E-state index in [4.69, 9.17) is 0 Å². The molecule has 1 amide bonds. The molecule has 0 aromatic heterocycles. The molecule has 1 aromatic rings. The molecular weight excluding hydrogens is 254 g/mol. The van der Waals surface area contributed by atoms with Gasteiger partial charge in [0, 0.05) is 5.56 Å². The molecule has 4 heteroatoms. The highest BCUT2D eigenvalue weighted by molar-refractivity contribution is 5.99. The second kappa shape index (κ2) is 6.55. The average Bonchev–Trinajstić information content (AvgIpc) is 2.25. The van der Waals surface area contributed by atoms with Gasteiger partial charge in [0.15, 0.2) is 0 Å². The second-order valence-electron chi connectivity index (χ2n) is 5.77. The standard InChI is InChI=1S/C16H23NO3/c1-9(2)6-13(16(19)20)17-15(18)14-11(4)7-10(3)8-12(14)5/h7-9,13H,6H2,1-5H3,(H,17,18)(H,19,20). The van der Waals surface area contributed by atoms with Crippen molar-refractivity contribution in [2.24, 2.45) is 5.92 Å². The topological polar surface area (TPSA) is 66.4 Å². The van der Waals surface area contributed by atoms with Gasteiger partial charge in [-0.3, -0.25) is 4.79 Å². The van der Waals surface area contributed by atoms with Crippen LogP contribution in [0.2, 0.25) is 0 Å². The first kappa shape index (κ1) is 16.2. The van der Waals surface area contributed by atoms with Crippen LogP contribution in [0, 0.1) is 26.7 Å². The predicted molar refractivity (Wildman–Crippen MR) is 79.0 cm³/mol. The Morgan fingerprint density at radius 2 is 1.65 bits per heavy atom. The molecule has 1 aromatic carbocycles. The zero-order chi connectivity index (χ0) is 15.4. The maximum atomic E-state index is 12.3. The fourth-order valence-electron chi connectivity index (χ4n) is 2.46. The van der Waals surface area contributed by atoms with Crippen LogP contribution in [-0.4, -0.2) is 23.0 Å². The summed E-state index contributed by atoms with van der Waals surface area (Å²) in [7, 11) is 0. The van der Waals surface area contributed by atoms with Crippen LogP contribution in [0.1, 0.15) is 47.3 Å². The van der Waals surface area contributed by atoms with Crippen LogP contribution < -0.4 is 5.32 Å². The van der Waals surface area contributed by atoms with Crippen LogP contribution in [0.3, 0.4) is 0 Å². The summed E-state index contributed by atoms with van der Waals surface area (Å²) in [5.41, 5.74) is 3.40. The summed E-state index contributed by atoms with van der Waals surface area (Å²) in [6, 6.07) is 3.02. The minimum absolute atomic E-state index is 0.205. The normalized spacial score (nSPS) is 12.3. The number of amides is 1. The lowest BCUT2D eigenvalue weighted by Crippen LogP contribution is -2.42. The van der Waals surface area contributed by atoms with Gasteiger partial charge in [-0.1, -0.05) is 31.5 Å². The summed E-state index contributed by atoms with van der Waals surface area (Å²) >= 11 is 0. The van der Waals surface area contributed by atoms with Crippen LogP contribution in [0.15, 0.2) is 12.1 Å². The minimum Gasteiger partial charge on any atom is -0.480 e. The quantitative estimate of drug-likeness (QED) is 0.869. The summed E-state index contributed by atoms with van der Waals surface area (Å²) in [5.74, 6) is -1.10. The SMILES string of the molecule is Cc1cc(C)c(C(=O)NC(CC(C)C)C(=O)O)c(C)c1. The highest BCUT2D eigenvalue weighted by atomic mass is 16.4. The van der Waals surface area contributed by atoms with Crippen LogP contribution in [-0.2, 0) is 4.79 Å². The highest BCUT2D eigenvalue weighted by Crippen LogP contribution is 2.17. The Kier molecular flexibility index (Phi) is 5.31. The Morgan fingerprint density at radius 1 is 1.15 bits per heavy atom. The van der Waals surface area contributed by atoms with Crippen molar-refractivity contribution in [1.29, 1.82) is 0 Å². The third kappa shape index (κ3) is 4.08. The highest BCUT2D eigenvalue weighted by Gasteiger charge is 2.23. The Hall–Kier alpha value is -1.84. The van der Waals surface area contributed by atoms with Crippen LogP contribution >= 0.6 is 0 Å². The van der Waals surface area contributed by atoms with E-state index in [9.17, 15) is 14.7 Å². The Bertz CT molecular complexity index is 497. The first-order chi connectivity index (χ1) is 9.22. The number of carboxylic acid groups (broad SMARTS) is 1. The van der Waals surface area contributed by atoms with Gasteiger partial charge in [-0.15, -0.1) is 0 Å². The van der Waals surface area contributed by atoms with E-state index in [0.29, 0.717) is 12.0 Å². The van der Waals surface area contributed by atoms with Gasteiger partial charge in [-0.05, 0) is 44.2 Å². The summed E-state index contributed by atoms with van der Waals surface area (Å²) in [5, 5.41) is 11.8. The minimum atomic E-state index is -0.991. The molecule has 0 bridgehead atoms. The van der Waals surface area contributed by atoms with E-state index in [-0.39, 0.29) is 11.8 Å². The van der Waals surface area contributed by atoms with E-state index in [1.54, 1.807) is 0 Å². The van der Waals surface area contributed by atoms with Gasteiger partial charge in [-0.25, -0.2) is 4.79 Å². The van der Waals surface area contributed by atoms with Crippen molar-refractivity contribution in [2.45, 2.75) is 47.1 Å². The van der Waals surface area contributed by atoms with Gasteiger partial charge in [0.1, 0.15) is 6.04 Å². The Balaban J connectivity index is 2.98. The molecule has 0 saturated carbocycles. The number of nitrogens with one attached hydrogen (secondary N) is 1. The summed E-state index contributed by atoms with van der Waals surface area (Å²) in [6.07, 6.45) is 0.422. The van der Waals surface area contributed by atoms with Gasteiger partial charge < -0.3 is 10.4 Å². The number of carbonyl (C=O) groups is 2. The fourth-order valence-corrected chi connectivity index (χ4v) is 2.46. The maximum Gasteiger partial charge on any atom is 0.326 e. The first-order valence-electron chi connectivity index (χ1n) is 6.84. The average molecular weight is 277 g/mol. The van der Waals surface area contributed by atoms with Crippen LogP contribution in [0.4, 0.5) is 0 Å². The van der Waals surface area contributed by atoms with E-state index in [2.05, 4.69) is 5.32 Å². The van der Waals surface area contributed by atoms with Crippen molar-refractivity contribution in [3.05, 3.63) is 34.4 Å². The molecule has 0 aliphatic heterocycles. The van der Waals surface area contributed by atoms with Gasteiger partial charge in [0.2, 0.25) is 0 Å². The van der Waals surface area contributed by atoms with E-state index in [1.165, 1.54) is 0 Å². The third-order valence-corrected chi connectivity index (χ3v) is 3.21. The van der Waals surface area contributed by atoms with Crippen LogP contribution in [0.25, 0.3) is 0 Å². The molecule has 0 heterocycles. The second-order valence-corrected chi connectivity index (χ2v) is 5.77. The van der Waals surface area contributed by atoms with E-state index >= 15 is 0 Å². The molecule has 2 N–H and O–H groups in total. The lowest BCUT2D eigenvalue weighted by molar-refractivity contribution is -0.139. The maximum absolute atomic E-state index is 12.3. The molecule has 0 aliphatic carbocycles. The molecular formula is C16H23NO3. The van der Waals surface area contributed by atoms with Crippen molar-refractivity contribution in [3.8, 4) is 0 Å². The zero-order valence-electron chi connectivity index (χ0n) is 12.8. The molecule has 0 aliphatic rings. The van der Waals surface area contributed by atoms with E-state index in [0.717, 1.165) is 16.7 Å². The molecule has 0 fully saturated rings. The molecule has 110 valence electrons. The monoisotopic (exact) mass is 277 g/mol. The van der Waals surface area contributed by atoms with E-state index in [1.807, 2.05) is 46.8 Å². The van der Waals surface area contributed by atoms with Crippen LogP contribution in [0.5, 0.6) is 0 Å². The van der Waals surface area contributed by atoms with Gasteiger partial charge >= 0.3 is 5.97 Å². The molecule has 0 saturated heterocycles. The lowest BCUT2D eigenvalue weighted by atomic mass is 9.98. The summed E-state index contributed by atoms with van der Waals surface area (Å²) < 4.78 is 0. The lowest BCUT2D eigenvalue weighted by Gasteiger charge is -2.18.